The minimum atomic E-state index is -1.34. The van der Waals surface area contributed by atoms with Gasteiger partial charge in [0.15, 0.2) is 6.04 Å². The van der Waals surface area contributed by atoms with E-state index in [-0.39, 0.29) is 5.92 Å². The molecule has 0 aromatic heterocycles. The molecule has 0 saturated heterocycles. The molecule has 0 saturated carbocycles. The third-order valence-electron chi connectivity index (χ3n) is 1.64. The van der Waals surface area contributed by atoms with Crippen molar-refractivity contribution in [2.45, 2.75) is 13.0 Å². The summed E-state index contributed by atoms with van der Waals surface area (Å²) in [5.41, 5.74) is 0. The summed E-state index contributed by atoms with van der Waals surface area (Å²) in [5, 5.41) is 21.1. The van der Waals surface area contributed by atoms with Crippen molar-refractivity contribution in [1.29, 1.82) is 0 Å². The number of nitrogens with zero attached hydrogens (tertiary/aromatic N) is 2. The van der Waals surface area contributed by atoms with Gasteiger partial charge in [-0.15, -0.1) is 0 Å². The number of hydrazone groups is 1. The highest BCUT2D eigenvalue weighted by Crippen LogP contribution is 2.17. The number of hydrogen-bond acceptors (Lipinski definition) is 3. The Morgan fingerprint density at radius 3 is 2.42 bits per heavy atom. The molecule has 1 amide bonds. The van der Waals surface area contributed by atoms with Crippen LogP contribution in [0.25, 0.3) is 0 Å². The highest BCUT2D eigenvalue weighted by molar-refractivity contribution is 5.86. The Morgan fingerprint density at radius 1 is 1.50 bits per heavy atom. The smallest absolute Gasteiger partial charge is 0.428 e. The summed E-state index contributed by atoms with van der Waals surface area (Å²) < 4.78 is 0. The molecule has 6 nitrogen and oxygen atoms in total. The summed E-state index contributed by atoms with van der Waals surface area (Å²) >= 11 is 0. The molecule has 0 fully saturated rings. The Balaban J connectivity index is 2.83. The fourth-order valence-corrected chi connectivity index (χ4v) is 1.05. The Morgan fingerprint density at radius 2 is 2.08 bits per heavy atom. The van der Waals surface area contributed by atoms with E-state index < -0.39 is 18.1 Å². The lowest BCUT2D eigenvalue weighted by atomic mass is 10.1. The monoisotopic (exact) mass is 172 g/mol. The van der Waals surface area contributed by atoms with Gasteiger partial charge in [0.25, 0.3) is 0 Å². The Labute approximate surface area is 68.1 Å². The number of rotatable bonds is 1. The Hall–Kier alpha value is -1.59. The molecule has 2 N–H and O–H groups in total. The zero-order valence-electron chi connectivity index (χ0n) is 6.34. The van der Waals surface area contributed by atoms with Crippen molar-refractivity contribution in [2.24, 2.45) is 11.0 Å². The fourth-order valence-electron chi connectivity index (χ4n) is 1.05. The first-order valence-electron chi connectivity index (χ1n) is 3.33. The van der Waals surface area contributed by atoms with Crippen LogP contribution in [0.15, 0.2) is 5.10 Å². The molecule has 0 radical (unpaired) electrons. The second kappa shape index (κ2) is 2.80. The second-order valence-electron chi connectivity index (χ2n) is 2.53. The van der Waals surface area contributed by atoms with Crippen LogP contribution in [0.1, 0.15) is 6.92 Å². The first-order chi connectivity index (χ1) is 5.54. The van der Waals surface area contributed by atoms with Crippen molar-refractivity contribution in [3.8, 4) is 0 Å². The molecule has 6 heteroatoms. The number of aliphatic carboxylic acids is 1. The van der Waals surface area contributed by atoms with Gasteiger partial charge in [-0.05, 0) is 0 Å². The maximum Gasteiger partial charge on any atom is 0.428 e. The molecular formula is C6H8N2O4. The molecule has 0 spiro atoms. The predicted octanol–water partition coefficient (Wildman–Crippen LogP) is 0.0551. The SMILES string of the molecule is CC1C=NN(C(=O)O)C1C(=O)O. The summed E-state index contributed by atoms with van der Waals surface area (Å²) in [5.74, 6) is -1.55. The van der Waals surface area contributed by atoms with Gasteiger partial charge >= 0.3 is 12.1 Å². The summed E-state index contributed by atoms with van der Waals surface area (Å²) in [6, 6.07) is -1.08. The maximum absolute atomic E-state index is 10.5. The van der Waals surface area contributed by atoms with Gasteiger partial charge in [-0.25, -0.2) is 9.59 Å². The van der Waals surface area contributed by atoms with Crippen LogP contribution in [0.3, 0.4) is 0 Å². The molecule has 0 bridgehead atoms. The maximum atomic E-state index is 10.5. The normalized spacial score (nSPS) is 27.6. The lowest BCUT2D eigenvalue weighted by molar-refractivity contribution is -0.142. The van der Waals surface area contributed by atoms with Gasteiger partial charge in [0.1, 0.15) is 0 Å². The highest BCUT2D eigenvalue weighted by atomic mass is 16.4. The minimum absolute atomic E-state index is 0.376. The van der Waals surface area contributed by atoms with E-state index in [0.717, 1.165) is 0 Å². The zero-order chi connectivity index (χ0) is 9.30. The first kappa shape index (κ1) is 8.51. The third kappa shape index (κ3) is 1.23. The first-order valence-corrected chi connectivity index (χ1v) is 3.33. The molecule has 1 aliphatic rings. The van der Waals surface area contributed by atoms with Crippen molar-refractivity contribution in [2.75, 3.05) is 0 Å². The van der Waals surface area contributed by atoms with E-state index in [4.69, 9.17) is 10.2 Å². The van der Waals surface area contributed by atoms with Gasteiger partial charge in [0.2, 0.25) is 0 Å². The van der Waals surface area contributed by atoms with Crippen LogP contribution in [0, 0.1) is 5.92 Å². The van der Waals surface area contributed by atoms with E-state index in [9.17, 15) is 9.59 Å². The highest BCUT2D eigenvalue weighted by Gasteiger charge is 2.37. The predicted molar refractivity (Wildman–Crippen MR) is 38.9 cm³/mol. The Bertz CT molecular complexity index is 250. The van der Waals surface area contributed by atoms with E-state index in [1.165, 1.54) is 6.21 Å². The lowest BCUT2D eigenvalue weighted by Crippen LogP contribution is -2.41. The number of amides is 1. The largest absolute Gasteiger partial charge is 0.480 e. The number of carboxylic acid groups (broad SMARTS) is 2. The average Bonchev–Trinajstić information content (AvgIpc) is 2.30. The topological polar surface area (TPSA) is 90.2 Å². The molecule has 1 rings (SSSR count). The standard InChI is InChI=1S/C6H8N2O4/c1-3-2-7-8(6(11)12)4(3)5(9)10/h2-4H,1H3,(H,9,10)(H,11,12). The number of carboxylic acids is 1. The average molecular weight is 172 g/mol. The summed E-state index contributed by atoms with van der Waals surface area (Å²) in [7, 11) is 0. The van der Waals surface area contributed by atoms with Gasteiger partial charge in [0, 0.05) is 12.1 Å². The van der Waals surface area contributed by atoms with Crippen LogP contribution in [0.2, 0.25) is 0 Å². The molecule has 2 atom stereocenters. The van der Waals surface area contributed by atoms with Crippen molar-refractivity contribution in [3.63, 3.8) is 0 Å². The molecule has 1 heterocycles. The minimum Gasteiger partial charge on any atom is -0.480 e. The summed E-state index contributed by atoms with van der Waals surface area (Å²) in [4.78, 5) is 21.0. The van der Waals surface area contributed by atoms with Crippen molar-refractivity contribution >= 4 is 18.3 Å². The summed E-state index contributed by atoms with van der Waals surface area (Å²) in [6.07, 6.45) is -0.0320. The van der Waals surface area contributed by atoms with E-state index in [0.29, 0.717) is 5.01 Å². The van der Waals surface area contributed by atoms with E-state index in [2.05, 4.69) is 5.10 Å². The molecule has 0 aliphatic carbocycles. The lowest BCUT2D eigenvalue weighted by Gasteiger charge is -2.16. The van der Waals surface area contributed by atoms with Crippen molar-refractivity contribution < 1.29 is 19.8 Å². The van der Waals surface area contributed by atoms with E-state index in [1.54, 1.807) is 6.92 Å². The van der Waals surface area contributed by atoms with Crippen LogP contribution in [-0.4, -0.2) is 39.5 Å². The third-order valence-corrected chi connectivity index (χ3v) is 1.64. The van der Waals surface area contributed by atoms with E-state index >= 15 is 0 Å². The van der Waals surface area contributed by atoms with Gasteiger partial charge in [0.05, 0.1) is 0 Å². The quantitative estimate of drug-likeness (QED) is 0.584. The van der Waals surface area contributed by atoms with E-state index in [1.807, 2.05) is 0 Å². The van der Waals surface area contributed by atoms with Crippen LogP contribution in [-0.2, 0) is 4.79 Å². The van der Waals surface area contributed by atoms with Crippen LogP contribution < -0.4 is 0 Å². The molecule has 0 aromatic carbocycles. The zero-order valence-corrected chi connectivity index (χ0v) is 6.34. The number of carbonyl (C=O) groups is 2. The second-order valence-corrected chi connectivity index (χ2v) is 2.53. The fraction of sp³-hybridized carbons (Fsp3) is 0.500. The molecule has 12 heavy (non-hydrogen) atoms. The van der Waals surface area contributed by atoms with Crippen LogP contribution in [0.5, 0.6) is 0 Å². The van der Waals surface area contributed by atoms with Gasteiger partial charge in [-0.2, -0.15) is 10.1 Å². The van der Waals surface area contributed by atoms with Crippen molar-refractivity contribution in [3.05, 3.63) is 0 Å². The molecule has 1 aliphatic heterocycles. The number of hydrogen-bond donors (Lipinski definition) is 2. The van der Waals surface area contributed by atoms with Crippen molar-refractivity contribution in [1.82, 2.24) is 5.01 Å². The van der Waals surface area contributed by atoms with Gasteiger partial charge in [-0.3, -0.25) is 0 Å². The molecule has 0 aromatic rings. The van der Waals surface area contributed by atoms with Crippen LogP contribution in [0.4, 0.5) is 4.79 Å². The molecule has 66 valence electrons. The molecular weight excluding hydrogens is 164 g/mol. The van der Waals surface area contributed by atoms with Gasteiger partial charge < -0.3 is 10.2 Å². The van der Waals surface area contributed by atoms with Crippen LogP contribution >= 0.6 is 0 Å². The van der Waals surface area contributed by atoms with Gasteiger partial charge in [-0.1, -0.05) is 6.92 Å². The summed E-state index contributed by atoms with van der Waals surface area (Å²) in [6.45, 7) is 1.60. The molecule has 2 unspecified atom stereocenters. The Kier molecular flexibility index (Phi) is 1.99.